The number of rotatable bonds is 3. The van der Waals surface area contributed by atoms with Crippen LogP contribution in [-0.2, 0) is 4.79 Å². The van der Waals surface area contributed by atoms with Crippen LogP contribution in [0.3, 0.4) is 0 Å². The standard InChI is InChI=1S/C19H14N4OS2/c1-22-18(24)16(26-19(22)25)11-14-12-23(15-5-3-2-4-6-15)21-17(14)13-7-9-20-10-8-13/h2-12H,1H3. The molecular weight excluding hydrogens is 364 g/mol. The van der Waals surface area contributed by atoms with E-state index < -0.39 is 0 Å². The maximum Gasteiger partial charge on any atom is 0.265 e. The Kier molecular flexibility index (Phi) is 4.40. The highest BCUT2D eigenvalue weighted by molar-refractivity contribution is 8.26. The third-order valence-electron chi connectivity index (χ3n) is 3.99. The zero-order valence-corrected chi connectivity index (χ0v) is 15.5. The highest BCUT2D eigenvalue weighted by Gasteiger charge is 2.29. The monoisotopic (exact) mass is 378 g/mol. The van der Waals surface area contributed by atoms with E-state index in [4.69, 9.17) is 17.3 Å². The molecule has 5 nitrogen and oxygen atoms in total. The number of carbonyl (C=O) groups is 1. The molecule has 128 valence electrons. The summed E-state index contributed by atoms with van der Waals surface area (Å²) in [5.74, 6) is -0.0897. The molecule has 0 bridgehead atoms. The summed E-state index contributed by atoms with van der Waals surface area (Å²) >= 11 is 6.52. The second kappa shape index (κ2) is 6.86. The molecule has 3 heterocycles. The number of pyridine rings is 1. The normalized spacial score (nSPS) is 15.9. The Hall–Kier alpha value is -2.77. The number of amides is 1. The molecule has 1 aliphatic rings. The predicted molar refractivity (Wildman–Crippen MR) is 108 cm³/mol. The minimum absolute atomic E-state index is 0.0897. The average molecular weight is 378 g/mol. The molecular formula is C19H14N4OS2. The molecule has 2 aromatic heterocycles. The van der Waals surface area contributed by atoms with Gasteiger partial charge in [0.15, 0.2) is 0 Å². The van der Waals surface area contributed by atoms with Crippen LogP contribution < -0.4 is 0 Å². The third kappa shape index (κ3) is 3.07. The summed E-state index contributed by atoms with van der Waals surface area (Å²) in [4.78, 5) is 18.5. The summed E-state index contributed by atoms with van der Waals surface area (Å²) in [5.41, 5.74) is 3.53. The van der Waals surface area contributed by atoms with Gasteiger partial charge in [-0.25, -0.2) is 4.68 Å². The summed E-state index contributed by atoms with van der Waals surface area (Å²) in [5, 5.41) is 4.73. The first-order valence-corrected chi connectivity index (χ1v) is 9.13. The smallest absolute Gasteiger partial charge is 0.265 e. The van der Waals surface area contributed by atoms with Gasteiger partial charge in [0.25, 0.3) is 5.91 Å². The van der Waals surface area contributed by atoms with E-state index in [2.05, 4.69) is 4.98 Å². The summed E-state index contributed by atoms with van der Waals surface area (Å²) in [7, 11) is 1.69. The van der Waals surface area contributed by atoms with Gasteiger partial charge in [-0.15, -0.1) is 0 Å². The molecule has 0 unspecified atom stereocenters. The maximum absolute atomic E-state index is 12.4. The number of thioether (sulfide) groups is 1. The predicted octanol–water partition coefficient (Wildman–Crippen LogP) is 3.77. The Morgan fingerprint density at radius 3 is 2.50 bits per heavy atom. The van der Waals surface area contributed by atoms with E-state index in [-0.39, 0.29) is 5.91 Å². The highest BCUT2D eigenvalue weighted by Crippen LogP contribution is 2.33. The van der Waals surface area contributed by atoms with Gasteiger partial charge in [-0.1, -0.05) is 42.2 Å². The number of nitrogens with zero attached hydrogens (tertiary/aromatic N) is 4. The van der Waals surface area contributed by atoms with Gasteiger partial charge >= 0.3 is 0 Å². The maximum atomic E-state index is 12.4. The Morgan fingerprint density at radius 2 is 1.85 bits per heavy atom. The van der Waals surface area contributed by atoms with E-state index in [1.54, 1.807) is 19.4 Å². The topological polar surface area (TPSA) is 51.0 Å². The van der Waals surface area contributed by atoms with Crippen molar-refractivity contribution in [2.24, 2.45) is 0 Å². The van der Waals surface area contributed by atoms with Crippen molar-refractivity contribution in [2.45, 2.75) is 0 Å². The molecule has 4 rings (SSSR count). The molecule has 26 heavy (non-hydrogen) atoms. The van der Waals surface area contributed by atoms with E-state index in [9.17, 15) is 4.79 Å². The number of aromatic nitrogens is 3. The zero-order chi connectivity index (χ0) is 18.1. The molecule has 3 aromatic rings. The Morgan fingerprint density at radius 1 is 1.12 bits per heavy atom. The second-order valence-corrected chi connectivity index (χ2v) is 7.37. The van der Waals surface area contributed by atoms with E-state index in [0.717, 1.165) is 22.5 Å². The zero-order valence-electron chi connectivity index (χ0n) is 13.9. The van der Waals surface area contributed by atoms with Gasteiger partial charge in [-0.2, -0.15) is 5.10 Å². The van der Waals surface area contributed by atoms with Gasteiger partial charge in [0.05, 0.1) is 10.6 Å². The molecule has 0 spiro atoms. The Balaban J connectivity index is 1.84. The molecule has 7 heteroatoms. The number of benzene rings is 1. The molecule has 1 saturated heterocycles. The number of carbonyl (C=O) groups excluding carboxylic acids is 1. The van der Waals surface area contributed by atoms with Gasteiger partial charge in [-0.3, -0.25) is 14.7 Å². The summed E-state index contributed by atoms with van der Waals surface area (Å²) < 4.78 is 2.37. The lowest BCUT2D eigenvalue weighted by molar-refractivity contribution is -0.121. The van der Waals surface area contributed by atoms with Crippen molar-refractivity contribution in [3.63, 3.8) is 0 Å². The molecule has 0 saturated carbocycles. The third-order valence-corrected chi connectivity index (χ3v) is 5.47. The van der Waals surface area contributed by atoms with Crippen molar-refractivity contribution in [3.8, 4) is 16.9 Å². The largest absolute Gasteiger partial charge is 0.296 e. The molecule has 0 atom stereocenters. The second-order valence-electron chi connectivity index (χ2n) is 5.69. The van der Waals surface area contributed by atoms with Crippen LogP contribution in [0.1, 0.15) is 5.56 Å². The minimum atomic E-state index is -0.0897. The van der Waals surface area contributed by atoms with Crippen molar-refractivity contribution in [1.82, 2.24) is 19.7 Å². The average Bonchev–Trinajstić information content (AvgIpc) is 3.21. The molecule has 0 aliphatic carbocycles. The minimum Gasteiger partial charge on any atom is -0.296 e. The number of thiocarbonyl (C=S) groups is 1. The van der Waals surface area contributed by atoms with E-state index >= 15 is 0 Å². The van der Waals surface area contributed by atoms with Gasteiger partial charge in [0.2, 0.25) is 0 Å². The first-order chi connectivity index (χ1) is 12.6. The fourth-order valence-electron chi connectivity index (χ4n) is 2.63. The quantitative estimate of drug-likeness (QED) is 0.513. The van der Waals surface area contributed by atoms with Gasteiger partial charge in [-0.05, 0) is 30.3 Å². The molecule has 0 radical (unpaired) electrons. The number of likely N-dealkylation sites (N-methyl/N-ethyl adjacent to an activating group) is 1. The van der Waals surface area contributed by atoms with Gasteiger partial charge < -0.3 is 0 Å². The van der Waals surface area contributed by atoms with E-state index in [1.807, 2.05) is 59.4 Å². The summed E-state index contributed by atoms with van der Waals surface area (Å²) in [6, 6.07) is 13.7. The molecule has 1 aromatic carbocycles. The fourth-order valence-corrected chi connectivity index (χ4v) is 3.80. The van der Waals surface area contributed by atoms with Crippen molar-refractivity contribution in [3.05, 3.63) is 71.5 Å². The number of para-hydroxylation sites is 1. The van der Waals surface area contributed by atoms with Crippen LogP contribution in [-0.4, -0.2) is 36.9 Å². The summed E-state index contributed by atoms with van der Waals surface area (Å²) in [6.07, 6.45) is 7.23. The lowest BCUT2D eigenvalue weighted by Gasteiger charge is -2.03. The van der Waals surface area contributed by atoms with Crippen LogP contribution in [0.2, 0.25) is 0 Å². The lowest BCUT2D eigenvalue weighted by Crippen LogP contribution is -2.22. The molecule has 0 N–H and O–H groups in total. The number of hydrogen-bond acceptors (Lipinski definition) is 5. The highest BCUT2D eigenvalue weighted by atomic mass is 32.2. The SMILES string of the molecule is CN1C(=O)C(=Cc2cn(-c3ccccc3)nc2-c2ccncc2)SC1=S. The van der Waals surface area contributed by atoms with Crippen LogP contribution in [0.25, 0.3) is 23.0 Å². The van der Waals surface area contributed by atoms with Crippen LogP contribution in [0.5, 0.6) is 0 Å². The van der Waals surface area contributed by atoms with Crippen molar-refractivity contribution in [2.75, 3.05) is 7.05 Å². The van der Waals surface area contributed by atoms with Crippen LogP contribution in [0, 0.1) is 0 Å². The Labute approximate surface area is 160 Å². The van der Waals surface area contributed by atoms with Gasteiger partial charge in [0, 0.05) is 36.8 Å². The Bertz CT molecular complexity index is 1010. The molecule has 1 fully saturated rings. The van der Waals surface area contributed by atoms with Crippen LogP contribution in [0.4, 0.5) is 0 Å². The first kappa shape index (κ1) is 16.7. The van der Waals surface area contributed by atoms with E-state index in [1.165, 1.54) is 16.7 Å². The van der Waals surface area contributed by atoms with Crippen molar-refractivity contribution < 1.29 is 4.79 Å². The fraction of sp³-hybridized carbons (Fsp3) is 0.0526. The van der Waals surface area contributed by atoms with Gasteiger partial charge in [0.1, 0.15) is 10.0 Å². The first-order valence-electron chi connectivity index (χ1n) is 7.90. The van der Waals surface area contributed by atoms with E-state index in [0.29, 0.717) is 9.23 Å². The lowest BCUT2D eigenvalue weighted by atomic mass is 10.1. The van der Waals surface area contributed by atoms with Crippen molar-refractivity contribution >= 4 is 40.3 Å². The van der Waals surface area contributed by atoms with Crippen LogP contribution in [0.15, 0.2) is 66.0 Å². The molecule has 1 aliphatic heterocycles. The van der Waals surface area contributed by atoms with Crippen molar-refractivity contribution in [1.29, 1.82) is 0 Å². The van der Waals surface area contributed by atoms with Crippen LogP contribution >= 0.6 is 24.0 Å². The number of hydrogen-bond donors (Lipinski definition) is 0. The molecule has 1 amide bonds. The summed E-state index contributed by atoms with van der Waals surface area (Å²) in [6.45, 7) is 0.